The molecule has 0 aliphatic carbocycles. The Bertz CT molecular complexity index is 1430. The molecule has 0 heterocycles. The summed E-state index contributed by atoms with van der Waals surface area (Å²) in [7, 11) is -4.14. The lowest BCUT2D eigenvalue weighted by molar-refractivity contribution is -0.119. The first-order valence-corrected chi connectivity index (χ1v) is 11.8. The van der Waals surface area contributed by atoms with Crippen molar-refractivity contribution in [1.29, 1.82) is 5.26 Å². The molecule has 0 atom stereocenters. The topological polar surface area (TPSA) is 151 Å². The zero-order chi connectivity index (χ0) is 25.6. The fourth-order valence-electron chi connectivity index (χ4n) is 2.93. The van der Waals surface area contributed by atoms with Crippen molar-refractivity contribution < 1.29 is 27.1 Å². The summed E-state index contributed by atoms with van der Waals surface area (Å²) >= 11 is 5.90. The number of sulfonamides is 1. The maximum Gasteiger partial charge on any atom is 0.261 e. The van der Waals surface area contributed by atoms with Gasteiger partial charge >= 0.3 is 0 Å². The molecule has 4 N–H and O–H groups in total. The number of halogens is 2. The number of nitrogens with two attached hydrogens (primary N) is 1. The predicted molar refractivity (Wildman–Crippen MR) is 126 cm³/mol. The number of nitrogens with one attached hydrogen (secondary N) is 2. The second-order valence-electron chi connectivity index (χ2n) is 7.11. The van der Waals surface area contributed by atoms with Gasteiger partial charge in [-0.1, -0.05) is 35.9 Å². The van der Waals surface area contributed by atoms with Gasteiger partial charge in [-0.3, -0.25) is 14.3 Å². The van der Waals surface area contributed by atoms with Crippen LogP contribution in [-0.4, -0.2) is 26.8 Å². The largest absolute Gasteiger partial charge is 0.483 e. The summed E-state index contributed by atoms with van der Waals surface area (Å²) in [5.74, 6) is -2.31. The molecule has 0 bridgehead atoms. The molecule has 2 amide bonds. The molecule has 35 heavy (non-hydrogen) atoms. The number of primary amides is 1. The standard InChI is InChI=1S/C23H18ClFN4O5S/c24-18-9-16(10-19(22(18)25)29-35(32,33)17-4-2-1-3-5-17)23(31)28-12-15-7-6-14(11-26)8-20(15)34-13-21(27)30/h1-10,29H,12-13H2,(H2,27,30)(H,28,31). The average molecular weight is 517 g/mol. The van der Waals surface area contributed by atoms with Gasteiger partial charge in [0.2, 0.25) is 0 Å². The summed E-state index contributed by atoms with van der Waals surface area (Å²) in [5, 5.41) is 11.2. The van der Waals surface area contributed by atoms with Crippen LogP contribution in [0.25, 0.3) is 0 Å². The van der Waals surface area contributed by atoms with Crippen molar-refractivity contribution in [2.45, 2.75) is 11.4 Å². The lowest BCUT2D eigenvalue weighted by atomic mass is 10.1. The maximum absolute atomic E-state index is 14.5. The molecular formula is C23H18ClFN4O5S. The minimum absolute atomic E-state index is 0.0985. The quantitative estimate of drug-likeness (QED) is 0.397. The van der Waals surface area contributed by atoms with Gasteiger partial charge in [-0.2, -0.15) is 5.26 Å². The van der Waals surface area contributed by atoms with Gasteiger partial charge in [0.15, 0.2) is 12.4 Å². The zero-order valence-electron chi connectivity index (χ0n) is 17.9. The van der Waals surface area contributed by atoms with Crippen LogP contribution in [-0.2, 0) is 21.4 Å². The highest BCUT2D eigenvalue weighted by atomic mass is 35.5. The van der Waals surface area contributed by atoms with E-state index in [4.69, 9.17) is 27.3 Å². The van der Waals surface area contributed by atoms with Crippen molar-refractivity contribution in [1.82, 2.24) is 5.32 Å². The van der Waals surface area contributed by atoms with Crippen molar-refractivity contribution in [3.8, 4) is 11.8 Å². The van der Waals surface area contributed by atoms with Crippen molar-refractivity contribution in [3.05, 3.63) is 88.2 Å². The highest BCUT2D eigenvalue weighted by Gasteiger charge is 2.20. The van der Waals surface area contributed by atoms with E-state index in [0.29, 0.717) is 5.56 Å². The molecule has 0 unspecified atom stereocenters. The van der Waals surface area contributed by atoms with E-state index in [-0.39, 0.29) is 28.3 Å². The summed E-state index contributed by atoms with van der Waals surface area (Å²) in [6.45, 7) is -0.535. The van der Waals surface area contributed by atoms with E-state index in [1.54, 1.807) is 6.07 Å². The fourth-order valence-corrected chi connectivity index (χ4v) is 4.22. The van der Waals surface area contributed by atoms with Gasteiger partial charge in [0.25, 0.3) is 21.8 Å². The lowest BCUT2D eigenvalue weighted by Gasteiger charge is -2.14. The molecule has 3 aromatic rings. The molecule has 0 aliphatic heterocycles. The number of benzene rings is 3. The first-order valence-electron chi connectivity index (χ1n) is 9.90. The number of carbonyl (C=O) groups excluding carboxylic acids is 2. The monoisotopic (exact) mass is 516 g/mol. The van der Waals surface area contributed by atoms with Gasteiger partial charge in [-0.25, -0.2) is 12.8 Å². The van der Waals surface area contributed by atoms with Crippen LogP contribution in [0.3, 0.4) is 0 Å². The summed E-state index contributed by atoms with van der Waals surface area (Å²) in [5.41, 5.74) is 5.16. The van der Waals surface area contributed by atoms with Gasteiger partial charge in [0.05, 0.1) is 27.2 Å². The molecular weight excluding hydrogens is 499 g/mol. The molecule has 180 valence electrons. The lowest BCUT2D eigenvalue weighted by Crippen LogP contribution is -2.25. The Morgan fingerprint density at radius 2 is 1.83 bits per heavy atom. The van der Waals surface area contributed by atoms with Gasteiger partial charge < -0.3 is 15.8 Å². The molecule has 3 rings (SSSR count). The normalized spacial score (nSPS) is 10.8. The van der Waals surface area contributed by atoms with Crippen LogP contribution in [0.15, 0.2) is 65.6 Å². The Labute approximate surface area is 205 Å². The van der Waals surface area contributed by atoms with E-state index in [1.165, 1.54) is 42.5 Å². The van der Waals surface area contributed by atoms with Crippen molar-refractivity contribution in [2.75, 3.05) is 11.3 Å². The Kier molecular flexibility index (Phi) is 7.91. The minimum Gasteiger partial charge on any atom is -0.483 e. The van der Waals surface area contributed by atoms with Crippen molar-refractivity contribution >= 4 is 39.1 Å². The van der Waals surface area contributed by atoms with Crippen molar-refractivity contribution in [2.24, 2.45) is 5.73 Å². The van der Waals surface area contributed by atoms with E-state index in [9.17, 15) is 22.4 Å². The summed E-state index contributed by atoms with van der Waals surface area (Å²) in [4.78, 5) is 23.7. The number of nitriles is 1. The number of amides is 2. The number of anilines is 1. The number of ether oxygens (including phenoxy) is 1. The average Bonchev–Trinajstić information content (AvgIpc) is 2.84. The Balaban J connectivity index is 1.82. The van der Waals surface area contributed by atoms with Crippen LogP contribution in [0.5, 0.6) is 5.75 Å². The van der Waals surface area contributed by atoms with Crippen LogP contribution in [0, 0.1) is 17.1 Å². The Hall–Kier alpha value is -4.14. The van der Waals surface area contributed by atoms with E-state index >= 15 is 0 Å². The van der Waals surface area contributed by atoms with Crippen LogP contribution < -0.4 is 20.5 Å². The summed E-state index contributed by atoms with van der Waals surface area (Å²) in [6, 6.07) is 15.7. The van der Waals surface area contributed by atoms with E-state index in [0.717, 1.165) is 12.1 Å². The molecule has 0 spiro atoms. The molecule has 0 saturated carbocycles. The smallest absolute Gasteiger partial charge is 0.261 e. The second-order valence-corrected chi connectivity index (χ2v) is 9.20. The second kappa shape index (κ2) is 10.9. The molecule has 0 radical (unpaired) electrons. The third kappa shape index (κ3) is 6.47. The molecule has 9 nitrogen and oxygen atoms in total. The number of carbonyl (C=O) groups is 2. The number of rotatable bonds is 9. The molecule has 0 saturated heterocycles. The van der Waals surface area contributed by atoms with Gasteiger partial charge in [-0.15, -0.1) is 0 Å². The first-order chi connectivity index (χ1) is 16.6. The van der Waals surface area contributed by atoms with Gasteiger partial charge in [0.1, 0.15) is 5.75 Å². The van der Waals surface area contributed by atoms with E-state index < -0.39 is 45.0 Å². The molecule has 0 aromatic heterocycles. The Morgan fingerprint density at radius 3 is 2.49 bits per heavy atom. The van der Waals surface area contributed by atoms with Crippen molar-refractivity contribution in [3.63, 3.8) is 0 Å². The van der Waals surface area contributed by atoms with Gasteiger partial charge in [-0.05, 0) is 36.4 Å². The molecule has 12 heteroatoms. The molecule has 3 aromatic carbocycles. The van der Waals surface area contributed by atoms with Crippen LogP contribution in [0.4, 0.5) is 10.1 Å². The van der Waals surface area contributed by atoms with Crippen LogP contribution in [0.1, 0.15) is 21.5 Å². The summed E-state index contributed by atoms with van der Waals surface area (Å²) in [6.07, 6.45) is 0. The number of hydrogen-bond acceptors (Lipinski definition) is 6. The number of nitrogens with zero attached hydrogens (tertiary/aromatic N) is 1. The summed E-state index contributed by atoms with van der Waals surface area (Å²) < 4.78 is 47.1. The zero-order valence-corrected chi connectivity index (χ0v) is 19.5. The van der Waals surface area contributed by atoms with Gasteiger partial charge in [0, 0.05) is 17.7 Å². The first kappa shape index (κ1) is 25.5. The SMILES string of the molecule is N#Cc1ccc(CNC(=O)c2cc(Cl)c(F)c(NS(=O)(=O)c3ccccc3)c2)c(OCC(N)=O)c1. The Morgan fingerprint density at radius 1 is 1.11 bits per heavy atom. The highest BCUT2D eigenvalue weighted by molar-refractivity contribution is 7.92. The third-order valence-corrected chi connectivity index (χ3v) is 6.25. The predicted octanol–water partition coefficient (Wildman–Crippen LogP) is 2.95. The highest BCUT2D eigenvalue weighted by Crippen LogP contribution is 2.27. The van der Waals surface area contributed by atoms with E-state index in [2.05, 4.69) is 10.0 Å². The number of hydrogen-bond donors (Lipinski definition) is 3. The molecule has 0 fully saturated rings. The fraction of sp³-hybridized carbons (Fsp3) is 0.0870. The van der Waals surface area contributed by atoms with Crippen LogP contribution in [0.2, 0.25) is 5.02 Å². The minimum atomic E-state index is -4.14. The van der Waals surface area contributed by atoms with Crippen LogP contribution >= 0.6 is 11.6 Å². The van der Waals surface area contributed by atoms with E-state index in [1.807, 2.05) is 6.07 Å². The third-order valence-electron chi connectivity index (χ3n) is 4.59. The maximum atomic E-state index is 14.5. The molecule has 0 aliphatic rings.